The number of nitrogens with one attached hydrogen (secondary N) is 1. The van der Waals surface area contributed by atoms with Crippen LogP contribution in [0.4, 0.5) is 0 Å². The van der Waals surface area contributed by atoms with Gasteiger partial charge < -0.3 is 9.84 Å². The van der Waals surface area contributed by atoms with Crippen LogP contribution in [0.2, 0.25) is 0 Å². The van der Waals surface area contributed by atoms with Crippen molar-refractivity contribution < 1.29 is 9.32 Å². The van der Waals surface area contributed by atoms with Crippen molar-refractivity contribution >= 4 is 5.91 Å². The molecule has 1 N–H and O–H groups in total. The number of benzene rings is 1. The molecule has 0 aliphatic rings. The molecule has 0 aliphatic heterocycles. The molecule has 0 saturated heterocycles. The van der Waals surface area contributed by atoms with E-state index in [1.807, 2.05) is 32.0 Å². The maximum atomic E-state index is 12.3. The van der Waals surface area contributed by atoms with E-state index in [0.717, 1.165) is 30.1 Å². The number of likely N-dealkylation sites (N-methyl/N-ethyl adjacent to an activating group) is 1. The summed E-state index contributed by atoms with van der Waals surface area (Å²) < 4.78 is 5.16. The van der Waals surface area contributed by atoms with Gasteiger partial charge in [-0.3, -0.25) is 9.69 Å². The molecule has 1 atom stereocenters. The van der Waals surface area contributed by atoms with Gasteiger partial charge in [0.2, 0.25) is 5.91 Å². The molecule has 0 radical (unpaired) electrons. The van der Waals surface area contributed by atoms with E-state index in [4.69, 9.17) is 4.52 Å². The van der Waals surface area contributed by atoms with Crippen molar-refractivity contribution in [2.24, 2.45) is 0 Å². The largest absolute Gasteiger partial charge is 0.361 e. The Morgan fingerprint density at radius 1 is 1.20 bits per heavy atom. The summed E-state index contributed by atoms with van der Waals surface area (Å²) in [4.78, 5) is 14.7. The molecule has 0 saturated carbocycles. The summed E-state index contributed by atoms with van der Waals surface area (Å²) in [6.07, 6.45) is 1.11. The van der Waals surface area contributed by atoms with Crippen LogP contribution in [0.1, 0.15) is 48.9 Å². The van der Waals surface area contributed by atoms with E-state index in [9.17, 15) is 4.79 Å². The Hall–Kier alpha value is -2.14. The van der Waals surface area contributed by atoms with Crippen LogP contribution in [-0.4, -0.2) is 35.6 Å². The zero-order valence-electron chi connectivity index (χ0n) is 15.7. The van der Waals surface area contributed by atoms with E-state index in [1.165, 1.54) is 5.56 Å². The summed E-state index contributed by atoms with van der Waals surface area (Å²) in [5, 5.41) is 7.04. The monoisotopic (exact) mass is 343 g/mol. The first-order chi connectivity index (χ1) is 12.1. The molecule has 136 valence electrons. The zero-order chi connectivity index (χ0) is 18.2. The molecule has 1 heterocycles. The highest BCUT2D eigenvalue weighted by Gasteiger charge is 2.19. The summed E-state index contributed by atoms with van der Waals surface area (Å²) in [7, 11) is 0. The minimum Gasteiger partial charge on any atom is -0.361 e. The second kappa shape index (κ2) is 9.37. The molecule has 5 heteroatoms. The van der Waals surface area contributed by atoms with Crippen molar-refractivity contribution in [2.45, 2.75) is 46.6 Å². The molecule has 1 aromatic heterocycles. The smallest absolute Gasteiger partial charge is 0.220 e. The zero-order valence-corrected chi connectivity index (χ0v) is 15.7. The lowest BCUT2D eigenvalue weighted by Gasteiger charge is -2.30. The van der Waals surface area contributed by atoms with Crippen molar-refractivity contribution in [3.8, 4) is 0 Å². The Kier molecular flexibility index (Phi) is 7.19. The molecule has 0 aliphatic carbocycles. The first-order valence-corrected chi connectivity index (χ1v) is 9.04. The lowest BCUT2D eigenvalue weighted by Crippen LogP contribution is -2.38. The van der Waals surface area contributed by atoms with Crippen molar-refractivity contribution in [1.82, 2.24) is 15.4 Å². The Labute approximate surface area is 150 Å². The van der Waals surface area contributed by atoms with Crippen LogP contribution in [-0.2, 0) is 11.2 Å². The lowest BCUT2D eigenvalue weighted by atomic mass is 10.0. The third-order valence-electron chi connectivity index (χ3n) is 4.71. The van der Waals surface area contributed by atoms with Gasteiger partial charge in [0.05, 0.1) is 11.7 Å². The van der Waals surface area contributed by atoms with Crippen LogP contribution in [0.3, 0.4) is 0 Å². The standard InChI is InChI=1S/C20H29N3O2/c1-5-23(6-2)19(17-10-8-7-9-11-17)14-21-20(24)13-12-18-15(3)22-25-16(18)4/h7-11,19H,5-6,12-14H2,1-4H3,(H,21,24). The highest BCUT2D eigenvalue weighted by atomic mass is 16.5. The van der Waals surface area contributed by atoms with E-state index in [-0.39, 0.29) is 11.9 Å². The van der Waals surface area contributed by atoms with E-state index in [2.05, 4.69) is 41.4 Å². The molecular weight excluding hydrogens is 314 g/mol. The van der Waals surface area contributed by atoms with Crippen LogP contribution < -0.4 is 5.32 Å². The molecular formula is C20H29N3O2. The number of amides is 1. The molecule has 25 heavy (non-hydrogen) atoms. The van der Waals surface area contributed by atoms with Crippen molar-refractivity contribution in [3.05, 3.63) is 52.9 Å². The minimum atomic E-state index is 0.0630. The van der Waals surface area contributed by atoms with E-state index in [1.54, 1.807) is 0 Å². The second-order valence-electron chi connectivity index (χ2n) is 6.25. The number of aromatic nitrogens is 1. The lowest BCUT2D eigenvalue weighted by molar-refractivity contribution is -0.121. The van der Waals surface area contributed by atoms with Crippen LogP contribution in [0, 0.1) is 13.8 Å². The molecule has 5 nitrogen and oxygen atoms in total. The molecule has 1 unspecified atom stereocenters. The average molecular weight is 343 g/mol. The van der Waals surface area contributed by atoms with E-state index < -0.39 is 0 Å². The normalized spacial score (nSPS) is 12.4. The summed E-state index contributed by atoms with van der Waals surface area (Å²) in [6, 6.07) is 10.6. The second-order valence-corrected chi connectivity index (χ2v) is 6.25. The number of hydrogen-bond acceptors (Lipinski definition) is 4. The highest BCUT2D eigenvalue weighted by Crippen LogP contribution is 2.19. The van der Waals surface area contributed by atoms with Crippen LogP contribution >= 0.6 is 0 Å². The van der Waals surface area contributed by atoms with Gasteiger partial charge in [-0.25, -0.2) is 0 Å². The summed E-state index contributed by atoms with van der Waals surface area (Å²) in [5.74, 6) is 0.865. The van der Waals surface area contributed by atoms with Gasteiger partial charge in [0.15, 0.2) is 0 Å². The number of nitrogens with zero attached hydrogens (tertiary/aromatic N) is 2. The Morgan fingerprint density at radius 2 is 1.88 bits per heavy atom. The van der Waals surface area contributed by atoms with Gasteiger partial charge in [0, 0.05) is 18.5 Å². The predicted molar refractivity (Wildman–Crippen MR) is 99.4 cm³/mol. The van der Waals surface area contributed by atoms with Gasteiger partial charge in [-0.1, -0.05) is 49.3 Å². The first-order valence-electron chi connectivity index (χ1n) is 9.04. The van der Waals surface area contributed by atoms with Gasteiger partial charge in [0.1, 0.15) is 5.76 Å². The number of carbonyl (C=O) groups is 1. The minimum absolute atomic E-state index is 0.0630. The summed E-state index contributed by atoms with van der Waals surface area (Å²) in [5.41, 5.74) is 3.14. The van der Waals surface area contributed by atoms with Crippen molar-refractivity contribution in [1.29, 1.82) is 0 Å². The fourth-order valence-corrected chi connectivity index (χ4v) is 3.19. The fraction of sp³-hybridized carbons (Fsp3) is 0.500. The number of carbonyl (C=O) groups excluding carboxylic acids is 1. The molecule has 2 rings (SSSR count). The maximum absolute atomic E-state index is 12.3. The topological polar surface area (TPSA) is 58.4 Å². The third-order valence-corrected chi connectivity index (χ3v) is 4.71. The van der Waals surface area contributed by atoms with Crippen molar-refractivity contribution in [2.75, 3.05) is 19.6 Å². The van der Waals surface area contributed by atoms with Crippen molar-refractivity contribution in [3.63, 3.8) is 0 Å². The molecule has 1 aromatic carbocycles. The molecule has 0 bridgehead atoms. The van der Waals surface area contributed by atoms with Gasteiger partial charge in [-0.15, -0.1) is 0 Å². The molecule has 0 spiro atoms. The maximum Gasteiger partial charge on any atom is 0.220 e. The van der Waals surface area contributed by atoms with E-state index >= 15 is 0 Å². The number of hydrogen-bond donors (Lipinski definition) is 1. The van der Waals surface area contributed by atoms with Crippen LogP contribution in [0.25, 0.3) is 0 Å². The SMILES string of the molecule is CCN(CC)C(CNC(=O)CCc1c(C)noc1C)c1ccccc1. The number of aryl methyl sites for hydroxylation is 2. The highest BCUT2D eigenvalue weighted by molar-refractivity contribution is 5.76. The average Bonchev–Trinajstić information content (AvgIpc) is 2.95. The Bertz CT molecular complexity index is 643. The molecule has 0 fully saturated rings. The van der Waals surface area contributed by atoms with E-state index in [0.29, 0.717) is 19.4 Å². The fourth-order valence-electron chi connectivity index (χ4n) is 3.19. The predicted octanol–water partition coefficient (Wildman–Crippen LogP) is 3.42. The Balaban J connectivity index is 1.94. The molecule has 1 amide bonds. The van der Waals surface area contributed by atoms with Gasteiger partial charge in [-0.05, 0) is 38.9 Å². The van der Waals surface area contributed by atoms with Gasteiger partial charge in [-0.2, -0.15) is 0 Å². The third kappa shape index (κ3) is 5.16. The Morgan fingerprint density at radius 3 is 2.44 bits per heavy atom. The van der Waals surface area contributed by atoms with Crippen LogP contribution in [0.5, 0.6) is 0 Å². The van der Waals surface area contributed by atoms with Crippen LogP contribution in [0.15, 0.2) is 34.9 Å². The number of rotatable bonds is 9. The van der Waals surface area contributed by atoms with Gasteiger partial charge >= 0.3 is 0 Å². The quantitative estimate of drug-likeness (QED) is 0.758. The van der Waals surface area contributed by atoms with Gasteiger partial charge in [0.25, 0.3) is 0 Å². The summed E-state index contributed by atoms with van der Waals surface area (Å²) in [6.45, 7) is 10.6. The first kappa shape index (κ1) is 19.2. The summed E-state index contributed by atoms with van der Waals surface area (Å²) >= 11 is 0. The molecule has 2 aromatic rings.